The van der Waals surface area contributed by atoms with Crippen molar-refractivity contribution in [3.63, 3.8) is 0 Å². The zero-order chi connectivity index (χ0) is 15.9. The van der Waals surface area contributed by atoms with E-state index in [9.17, 15) is 25.2 Å². The van der Waals surface area contributed by atoms with Gasteiger partial charge in [0.05, 0.1) is 0 Å². The predicted octanol–water partition coefficient (Wildman–Crippen LogP) is 0.831. The zero-order valence-corrected chi connectivity index (χ0v) is 11.0. The number of hydrogen-bond acceptors (Lipinski definition) is 7. The Kier molecular flexibility index (Phi) is 3.15. The van der Waals surface area contributed by atoms with Crippen LogP contribution in [0.4, 0.5) is 0 Å². The Bertz CT molecular complexity index is 876. The second-order valence-corrected chi connectivity index (χ2v) is 4.51. The summed E-state index contributed by atoms with van der Waals surface area (Å²) < 4.78 is 5.55. The molecule has 3 rings (SSSR count). The van der Waals surface area contributed by atoms with Crippen molar-refractivity contribution in [3.05, 3.63) is 52.4 Å². The Labute approximate surface area is 122 Å². The van der Waals surface area contributed by atoms with E-state index in [-0.39, 0.29) is 16.9 Å². The highest BCUT2D eigenvalue weighted by atomic mass is 16.7. The molecule has 8 heteroatoms. The van der Waals surface area contributed by atoms with E-state index < -0.39 is 23.7 Å². The van der Waals surface area contributed by atoms with Gasteiger partial charge in [0.1, 0.15) is 16.9 Å². The zero-order valence-electron chi connectivity index (χ0n) is 11.0. The maximum absolute atomic E-state index is 11.9. The van der Waals surface area contributed by atoms with Gasteiger partial charge in [-0.1, -0.05) is 0 Å². The second kappa shape index (κ2) is 5.01. The van der Waals surface area contributed by atoms with Gasteiger partial charge in [0.15, 0.2) is 0 Å². The minimum atomic E-state index is -1.78. The van der Waals surface area contributed by atoms with E-state index >= 15 is 0 Å². The second-order valence-electron chi connectivity index (χ2n) is 4.51. The molecule has 0 saturated heterocycles. The topological polar surface area (TPSA) is 125 Å². The molecule has 8 nitrogen and oxygen atoms in total. The smallest absolute Gasteiger partial charge is 0.345 e. The Morgan fingerprint density at radius 2 is 1.73 bits per heavy atom. The number of rotatable bonds is 3. The molecule has 2 aromatic heterocycles. The standard InChI is InChI=1S/C14H11NO7/c16-8-2-1-7-5-9(13(19)21-10(7)6-8)14(20)22-15-11(17)3-4-12(15)18/h1-6,14,16-18,20H. The molecule has 2 heterocycles. The fourth-order valence-electron chi connectivity index (χ4n) is 1.95. The number of nitrogens with zero attached hydrogens (tertiary/aromatic N) is 1. The van der Waals surface area contributed by atoms with E-state index in [0.717, 1.165) is 12.1 Å². The lowest BCUT2D eigenvalue weighted by atomic mass is 10.2. The highest BCUT2D eigenvalue weighted by molar-refractivity contribution is 5.78. The number of aliphatic hydroxyl groups excluding tert-OH is 1. The molecule has 0 spiro atoms. The van der Waals surface area contributed by atoms with Crippen LogP contribution in [0.5, 0.6) is 17.5 Å². The van der Waals surface area contributed by atoms with Gasteiger partial charge in [0.2, 0.25) is 11.8 Å². The molecule has 3 aromatic rings. The quantitative estimate of drug-likeness (QED) is 0.417. The van der Waals surface area contributed by atoms with Gasteiger partial charge in [0, 0.05) is 23.6 Å². The van der Waals surface area contributed by atoms with Crippen molar-refractivity contribution in [1.29, 1.82) is 0 Å². The van der Waals surface area contributed by atoms with Crippen LogP contribution in [0.2, 0.25) is 0 Å². The lowest BCUT2D eigenvalue weighted by Crippen LogP contribution is -2.22. The van der Waals surface area contributed by atoms with Crippen LogP contribution >= 0.6 is 0 Å². The van der Waals surface area contributed by atoms with Gasteiger partial charge in [-0.3, -0.25) is 0 Å². The van der Waals surface area contributed by atoms with Crippen LogP contribution in [0.3, 0.4) is 0 Å². The Hall–Kier alpha value is -3.13. The molecule has 1 unspecified atom stereocenters. The summed E-state index contributed by atoms with van der Waals surface area (Å²) in [5.74, 6) is -0.972. The highest BCUT2D eigenvalue weighted by Crippen LogP contribution is 2.24. The number of aliphatic hydroxyl groups is 1. The van der Waals surface area contributed by atoms with E-state index in [2.05, 4.69) is 0 Å². The van der Waals surface area contributed by atoms with Crippen molar-refractivity contribution in [2.75, 3.05) is 0 Å². The molecule has 0 aliphatic carbocycles. The highest BCUT2D eigenvalue weighted by Gasteiger charge is 2.19. The normalized spacial score (nSPS) is 12.4. The first-order valence-corrected chi connectivity index (χ1v) is 6.17. The Morgan fingerprint density at radius 1 is 1.05 bits per heavy atom. The predicted molar refractivity (Wildman–Crippen MR) is 73.5 cm³/mol. The van der Waals surface area contributed by atoms with Crippen LogP contribution in [0, 0.1) is 0 Å². The van der Waals surface area contributed by atoms with Crippen LogP contribution in [0.1, 0.15) is 11.9 Å². The van der Waals surface area contributed by atoms with Crippen molar-refractivity contribution in [1.82, 2.24) is 4.73 Å². The largest absolute Gasteiger partial charge is 0.508 e. The van der Waals surface area contributed by atoms with Gasteiger partial charge in [-0.05, 0) is 18.2 Å². The third-order valence-corrected chi connectivity index (χ3v) is 3.02. The average Bonchev–Trinajstić information content (AvgIpc) is 2.78. The molecule has 0 aliphatic rings. The first-order chi connectivity index (χ1) is 10.5. The van der Waals surface area contributed by atoms with Gasteiger partial charge >= 0.3 is 5.63 Å². The summed E-state index contributed by atoms with van der Waals surface area (Å²) in [4.78, 5) is 16.8. The molecule has 1 atom stereocenters. The number of fused-ring (bicyclic) bond motifs is 1. The van der Waals surface area contributed by atoms with Gasteiger partial charge in [0.25, 0.3) is 6.29 Å². The van der Waals surface area contributed by atoms with Crippen LogP contribution in [0.15, 0.2) is 45.6 Å². The van der Waals surface area contributed by atoms with Crippen molar-refractivity contribution in [2.45, 2.75) is 6.29 Å². The fraction of sp³-hybridized carbons (Fsp3) is 0.0714. The monoisotopic (exact) mass is 305 g/mol. The van der Waals surface area contributed by atoms with Gasteiger partial charge in [-0.15, -0.1) is 4.73 Å². The van der Waals surface area contributed by atoms with E-state index in [1.165, 1.54) is 24.3 Å². The van der Waals surface area contributed by atoms with Gasteiger partial charge in [-0.2, -0.15) is 0 Å². The van der Waals surface area contributed by atoms with Crippen LogP contribution in [0.25, 0.3) is 11.0 Å². The molecular weight excluding hydrogens is 294 g/mol. The van der Waals surface area contributed by atoms with Gasteiger partial charge in [-0.25, -0.2) is 4.79 Å². The first-order valence-electron chi connectivity index (χ1n) is 6.17. The minimum Gasteiger partial charge on any atom is -0.508 e. The molecule has 0 bridgehead atoms. The Morgan fingerprint density at radius 3 is 2.41 bits per heavy atom. The number of benzene rings is 1. The summed E-state index contributed by atoms with van der Waals surface area (Å²) in [5, 5.41) is 38.6. The molecule has 0 amide bonds. The number of hydrogen-bond donors (Lipinski definition) is 4. The van der Waals surface area contributed by atoms with Gasteiger partial charge < -0.3 is 29.7 Å². The lowest BCUT2D eigenvalue weighted by Gasteiger charge is -2.14. The molecule has 0 aliphatic heterocycles. The van der Waals surface area contributed by atoms with Crippen LogP contribution in [-0.4, -0.2) is 25.2 Å². The molecule has 0 fully saturated rings. The SMILES string of the molecule is O=c1oc2cc(O)ccc2cc1C(O)On1c(O)ccc1O. The number of aromatic nitrogens is 1. The van der Waals surface area contributed by atoms with E-state index in [4.69, 9.17) is 9.25 Å². The minimum absolute atomic E-state index is 0.0672. The Balaban J connectivity index is 2.00. The summed E-state index contributed by atoms with van der Waals surface area (Å²) in [7, 11) is 0. The summed E-state index contributed by atoms with van der Waals surface area (Å²) >= 11 is 0. The van der Waals surface area contributed by atoms with Crippen molar-refractivity contribution >= 4 is 11.0 Å². The number of aromatic hydroxyl groups is 3. The number of phenols is 1. The van der Waals surface area contributed by atoms with Crippen molar-refractivity contribution in [2.24, 2.45) is 0 Å². The molecule has 114 valence electrons. The third kappa shape index (κ3) is 2.31. The fourth-order valence-corrected chi connectivity index (χ4v) is 1.95. The number of phenolic OH excluding ortho intramolecular Hbond substituents is 1. The molecule has 4 N–H and O–H groups in total. The maximum atomic E-state index is 11.9. The molecule has 0 saturated carbocycles. The van der Waals surface area contributed by atoms with Crippen LogP contribution < -0.4 is 10.5 Å². The molecule has 22 heavy (non-hydrogen) atoms. The van der Waals surface area contributed by atoms with E-state index in [1.54, 1.807) is 0 Å². The lowest BCUT2D eigenvalue weighted by molar-refractivity contribution is -0.118. The summed E-state index contributed by atoms with van der Waals surface area (Å²) in [6.45, 7) is 0. The summed E-state index contributed by atoms with van der Waals surface area (Å²) in [5.41, 5.74) is -0.963. The molecule has 0 radical (unpaired) electrons. The average molecular weight is 305 g/mol. The maximum Gasteiger partial charge on any atom is 0.345 e. The van der Waals surface area contributed by atoms with E-state index in [1.807, 2.05) is 0 Å². The van der Waals surface area contributed by atoms with Crippen LogP contribution in [-0.2, 0) is 0 Å². The van der Waals surface area contributed by atoms with Crippen molar-refractivity contribution in [3.8, 4) is 17.5 Å². The van der Waals surface area contributed by atoms with E-state index in [0.29, 0.717) is 10.1 Å². The molecule has 1 aromatic carbocycles. The van der Waals surface area contributed by atoms with Crippen molar-refractivity contribution < 1.29 is 29.7 Å². The first kappa shape index (κ1) is 13.8. The third-order valence-electron chi connectivity index (χ3n) is 3.02. The molecular formula is C14H11NO7. The summed E-state index contributed by atoms with van der Waals surface area (Å²) in [6, 6.07) is 7.76. The summed E-state index contributed by atoms with van der Waals surface area (Å²) in [6.07, 6.45) is -1.78.